The number of rotatable bonds is 4. The van der Waals surface area contributed by atoms with Gasteiger partial charge < -0.3 is 9.88 Å². The number of hydrogen-bond acceptors (Lipinski definition) is 3. The minimum absolute atomic E-state index is 0.0388. The van der Waals surface area contributed by atoms with Crippen LogP contribution in [0.3, 0.4) is 0 Å². The van der Waals surface area contributed by atoms with Crippen LogP contribution in [0.4, 0.5) is 10.1 Å². The van der Waals surface area contributed by atoms with Crippen molar-refractivity contribution in [3.05, 3.63) is 49.8 Å². The number of amides is 1. The van der Waals surface area contributed by atoms with Crippen molar-refractivity contribution in [3.63, 3.8) is 0 Å². The second-order valence-electron chi connectivity index (χ2n) is 4.19. The molecule has 1 N–H and O–H groups in total. The molecule has 0 saturated heterocycles. The molecule has 106 valence electrons. The number of carbonyl (C=O) groups is 1. The fourth-order valence-corrected chi connectivity index (χ4v) is 2.64. The number of aromatic nitrogens is 1. The highest BCUT2D eigenvalue weighted by Crippen LogP contribution is 2.22. The molecule has 0 atom stereocenters. The largest absolute Gasteiger partial charge is 0.323 e. The lowest BCUT2D eigenvalue weighted by Gasteiger charge is -2.08. The molecule has 0 aliphatic heterocycles. The molecule has 1 heterocycles. The topological polar surface area (TPSA) is 51.1 Å². The van der Waals surface area contributed by atoms with Gasteiger partial charge in [0, 0.05) is 24.0 Å². The number of thiazole rings is 1. The molecule has 0 spiro atoms. The second-order valence-corrected chi connectivity index (χ2v) is 5.42. The molecule has 0 unspecified atom stereocenters. The van der Waals surface area contributed by atoms with Crippen molar-refractivity contribution >= 4 is 34.5 Å². The summed E-state index contributed by atoms with van der Waals surface area (Å²) in [4.78, 5) is 23.1. The summed E-state index contributed by atoms with van der Waals surface area (Å²) in [5.74, 6) is -1.03. The zero-order chi connectivity index (χ0) is 14.7. The van der Waals surface area contributed by atoms with E-state index in [0.29, 0.717) is 0 Å². The number of carbonyl (C=O) groups excluding carboxylic acids is 1. The van der Waals surface area contributed by atoms with Crippen molar-refractivity contribution in [2.45, 2.75) is 19.9 Å². The highest BCUT2D eigenvalue weighted by atomic mass is 35.5. The normalized spacial score (nSPS) is 10.6. The van der Waals surface area contributed by atoms with Gasteiger partial charge in [0.1, 0.15) is 0 Å². The van der Waals surface area contributed by atoms with Crippen molar-refractivity contribution in [1.82, 2.24) is 4.57 Å². The Bertz CT molecular complexity index is 696. The highest BCUT2D eigenvalue weighted by molar-refractivity contribution is 7.07. The third kappa shape index (κ3) is 3.26. The first-order valence-corrected chi connectivity index (χ1v) is 7.13. The van der Waals surface area contributed by atoms with Crippen molar-refractivity contribution < 1.29 is 9.18 Å². The first-order valence-electron chi connectivity index (χ1n) is 5.88. The smallest absolute Gasteiger partial charge is 0.307 e. The summed E-state index contributed by atoms with van der Waals surface area (Å²) in [7, 11) is 0. The standard InChI is InChI=1S/C13H12ClFN2O2S/c1-8-7-20-13(19)17(8)6-5-11(18)16-10-4-2-3-9(14)12(10)15/h2-4,7H,5-6H2,1H3,(H,16,18). The van der Waals surface area contributed by atoms with Gasteiger partial charge in [-0.25, -0.2) is 4.39 Å². The third-order valence-electron chi connectivity index (χ3n) is 2.76. The Hall–Kier alpha value is -1.66. The number of anilines is 1. The molecule has 1 aromatic carbocycles. The Kier molecular flexibility index (Phi) is 4.57. The Morgan fingerprint density at radius 1 is 1.50 bits per heavy atom. The molecule has 1 amide bonds. The van der Waals surface area contributed by atoms with Gasteiger partial charge >= 0.3 is 4.87 Å². The average Bonchev–Trinajstić information content (AvgIpc) is 2.72. The molecule has 1 aromatic heterocycles. The maximum atomic E-state index is 13.6. The molecule has 2 aromatic rings. The van der Waals surface area contributed by atoms with Crippen LogP contribution >= 0.6 is 22.9 Å². The molecule has 0 bridgehead atoms. The Morgan fingerprint density at radius 3 is 2.90 bits per heavy atom. The summed E-state index contributed by atoms with van der Waals surface area (Å²) < 4.78 is 15.1. The lowest BCUT2D eigenvalue weighted by molar-refractivity contribution is -0.116. The summed E-state index contributed by atoms with van der Waals surface area (Å²) in [6, 6.07) is 4.39. The summed E-state index contributed by atoms with van der Waals surface area (Å²) in [5.41, 5.74) is 0.846. The molecule has 0 saturated carbocycles. The van der Waals surface area contributed by atoms with Gasteiger partial charge in [0.25, 0.3) is 0 Å². The van der Waals surface area contributed by atoms with Crippen LogP contribution in [0.5, 0.6) is 0 Å². The van der Waals surface area contributed by atoms with Gasteiger partial charge in [-0.05, 0) is 19.1 Å². The number of halogens is 2. The molecule has 0 aliphatic rings. The highest BCUT2D eigenvalue weighted by Gasteiger charge is 2.11. The molecule has 0 radical (unpaired) electrons. The van der Waals surface area contributed by atoms with Gasteiger partial charge in [0.05, 0.1) is 10.7 Å². The minimum atomic E-state index is -0.661. The van der Waals surface area contributed by atoms with Gasteiger partial charge in [0.15, 0.2) is 5.82 Å². The molecule has 7 heteroatoms. The molecule has 4 nitrogen and oxygen atoms in total. The second kappa shape index (κ2) is 6.19. The number of aryl methyl sites for hydroxylation is 1. The predicted octanol–water partition coefficient (Wildman–Crippen LogP) is 3.04. The van der Waals surface area contributed by atoms with E-state index in [1.165, 1.54) is 16.7 Å². The summed E-state index contributed by atoms with van der Waals surface area (Å²) in [6.45, 7) is 2.06. The fraction of sp³-hybridized carbons (Fsp3) is 0.231. The van der Waals surface area contributed by atoms with Crippen LogP contribution < -0.4 is 10.2 Å². The fourth-order valence-electron chi connectivity index (χ4n) is 1.70. The van der Waals surface area contributed by atoms with Gasteiger partial charge in [-0.1, -0.05) is 29.0 Å². The zero-order valence-electron chi connectivity index (χ0n) is 10.7. The Balaban J connectivity index is 2.00. The first kappa shape index (κ1) is 14.7. The quantitative estimate of drug-likeness (QED) is 0.943. The predicted molar refractivity (Wildman–Crippen MR) is 78.0 cm³/mol. The van der Waals surface area contributed by atoms with Gasteiger partial charge in [-0.2, -0.15) is 0 Å². The Labute approximate surface area is 123 Å². The summed E-state index contributed by atoms with van der Waals surface area (Å²) in [6.07, 6.45) is 0.0867. The van der Waals surface area contributed by atoms with Crippen molar-refractivity contribution in [3.8, 4) is 0 Å². The number of nitrogens with one attached hydrogen (secondary N) is 1. The average molecular weight is 315 g/mol. The van der Waals surface area contributed by atoms with Crippen molar-refractivity contribution in [1.29, 1.82) is 0 Å². The van der Waals surface area contributed by atoms with Crippen LogP contribution in [0.15, 0.2) is 28.4 Å². The third-order valence-corrected chi connectivity index (χ3v) is 3.94. The lowest BCUT2D eigenvalue weighted by atomic mass is 10.3. The van der Waals surface area contributed by atoms with E-state index < -0.39 is 5.82 Å². The van der Waals surface area contributed by atoms with Crippen LogP contribution in [0.1, 0.15) is 12.1 Å². The van der Waals surface area contributed by atoms with E-state index >= 15 is 0 Å². The zero-order valence-corrected chi connectivity index (χ0v) is 12.2. The van der Waals surface area contributed by atoms with Gasteiger partial charge in [-0.15, -0.1) is 0 Å². The van der Waals surface area contributed by atoms with E-state index in [2.05, 4.69) is 5.32 Å². The van der Waals surface area contributed by atoms with Crippen LogP contribution in [0.2, 0.25) is 5.02 Å². The van der Waals surface area contributed by atoms with Crippen LogP contribution in [-0.2, 0) is 11.3 Å². The number of hydrogen-bond donors (Lipinski definition) is 1. The van der Waals surface area contributed by atoms with E-state index in [9.17, 15) is 14.0 Å². The monoisotopic (exact) mass is 314 g/mol. The summed E-state index contributed by atoms with van der Waals surface area (Å²) in [5, 5.41) is 4.13. The van der Waals surface area contributed by atoms with Crippen LogP contribution in [-0.4, -0.2) is 10.5 Å². The SMILES string of the molecule is Cc1csc(=O)n1CCC(=O)Nc1cccc(Cl)c1F. The van der Waals surface area contributed by atoms with Gasteiger partial charge in [-0.3, -0.25) is 9.59 Å². The number of benzene rings is 1. The van der Waals surface area contributed by atoms with E-state index in [-0.39, 0.29) is 34.5 Å². The number of nitrogens with zero attached hydrogens (tertiary/aromatic N) is 1. The van der Waals surface area contributed by atoms with E-state index in [4.69, 9.17) is 11.6 Å². The van der Waals surface area contributed by atoms with Crippen molar-refractivity contribution in [2.24, 2.45) is 0 Å². The van der Waals surface area contributed by atoms with E-state index in [0.717, 1.165) is 17.0 Å². The first-order chi connectivity index (χ1) is 9.49. The molecule has 20 heavy (non-hydrogen) atoms. The van der Waals surface area contributed by atoms with Crippen LogP contribution in [0, 0.1) is 12.7 Å². The Morgan fingerprint density at radius 2 is 2.25 bits per heavy atom. The van der Waals surface area contributed by atoms with Crippen molar-refractivity contribution in [2.75, 3.05) is 5.32 Å². The molecular weight excluding hydrogens is 303 g/mol. The maximum absolute atomic E-state index is 13.6. The molecular formula is C13H12ClFN2O2S. The lowest BCUT2D eigenvalue weighted by Crippen LogP contribution is -2.20. The molecule has 0 aliphatic carbocycles. The maximum Gasteiger partial charge on any atom is 0.307 e. The van der Waals surface area contributed by atoms with E-state index in [1.54, 1.807) is 18.4 Å². The summed E-state index contributed by atoms with van der Waals surface area (Å²) >= 11 is 6.72. The molecule has 0 fully saturated rings. The van der Waals surface area contributed by atoms with E-state index in [1.807, 2.05) is 0 Å². The van der Waals surface area contributed by atoms with Gasteiger partial charge in [0.2, 0.25) is 5.91 Å². The minimum Gasteiger partial charge on any atom is -0.323 e. The molecule has 2 rings (SSSR count). The van der Waals surface area contributed by atoms with Crippen LogP contribution in [0.25, 0.3) is 0 Å².